The first kappa shape index (κ1) is 12.9. The number of ether oxygens (including phenoxy) is 2. The molecule has 0 aromatic rings. The Kier molecular flexibility index (Phi) is 5.81. The van der Waals surface area contributed by atoms with Crippen LogP contribution in [0, 0.1) is 0 Å². The number of carbonyl (C=O) groups is 2. The highest BCUT2D eigenvalue weighted by Crippen LogP contribution is 1.98. The van der Waals surface area contributed by atoms with Crippen molar-refractivity contribution in [3.63, 3.8) is 0 Å². The fourth-order valence-corrected chi connectivity index (χ4v) is 1.40. The molecule has 92 valence electrons. The summed E-state index contributed by atoms with van der Waals surface area (Å²) in [6, 6.07) is -0.464. The molecule has 1 heterocycles. The molecular formula is C10H18N2O4. The smallest absolute Gasteiger partial charge is 0.307 e. The average molecular weight is 230 g/mol. The van der Waals surface area contributed by atoms with Gasteiger partial charge in [-0.3, -0.25) is 9.59 Å². The molecule has 0 radical (unpaired) electrons. The van der Waals surface area contributed by atoms with Crippen LogP contribution >= 0.6 is 0 Å². The minimum atomic E-state index is -0.464. The van der Waals surface area contributed by atoms with Crippen molar-refractivity contribution in [3.05, 3.63) is 0 Å². The molecule has 0 aliphatic carbocycles. The van der Waals surface area contributed by atoms with Crippen LogP contribution in [0.2, 0.25) is 0 Å². The van der Waals surface area contributed by atoms with Crippen LogP contribution in [-0.4, -0.2) is 50.8 Å². The summed E-state index contributed by atoms with van der Waals surface area (Å²) in [5.74, 6) is -0.526. The summed E-state index contributed by atoms with van der Waals surface area (Å²) in [5.41, 5.74) is 0. The quantitative estimate of drug-likeness (QED) is 0.454. The van der Waals surface area contributed by atoms with Gasteiger partial charge in [0.2, 0.25) is 5.91 Å². The number of piperazine rings is 1. The summed E-state index contributed by atoms with van der Waals surface area (Å²) in [6.07, 6.45) is 0.0674. The number of hydrogen-bond acceptors (Lipinski definition) is 5. The van der Waals surface area contributed by atoms with E-state index in [0.717, 1.165) is 0 Å². The van der Waals surface area contributed by atoms with Crippen LogP contribution in [0.5, 0.6) is 0 Å². The van der Waals surface area contributed by atoms with Crippen LogP contribution in [0.3, 0.4) is 0 Å². The molecule has 0 spiro atoms. The van der Waals surface area contributed by atoms with Gasteiger partial charge in [0.25, 0.3) is 0 Å². The zero-order valence-electron chi connectivity index (χ0n) is 9.45. The summed E-state index contributed by atoms with van der Waals surface area (Å²) >= 11 is 0. The minimum Gasteiger partial charge on any atom is -0.463 e. The van der Waals surface area contributed by atoms with Gasteiger partial charge in [-0.25, -0.2) is 0 Å². The molecule has 1 aliphatic rings. The lowest BCUT2D eigenvalue weighted by Crippen LogP contribution is -2.53. The van der Waals surface area contributed by atoms with Crippen LogP contribution in [0.15, 0.2) is 0 Å². The molecule has 6 nitrogen and oxygen atoms in total. The molecule has 1 unspecified atom stereocenters. The van der Waals surface area contributed by atoms with Crippen molar-refractivity contribution < 1.29 is 19.1 Å². The second-order valence-corrected chi connectivity index (χ2v) is 3.42. The third-order valence-electron chi connectivity index (χ3n) is 2.20. The van der Waals surface area contributed by atoms with E-state index in [4.69, 9.17) is 9.47 Å². The number of hydrogen-bond donors (Lipinski definition) is 2. The van der Waals surface area contributed by atoms with E-state index in [2.05, 4.69) is 10.6 Å². The average Bonchev–Trinajstić information content (AvgIpc) is 2.28. The van der Waals surface area contributed by atoms with Crippen LogP contribution in [0.1, 0.15) is 13.3 Å². The summed E-state index contributed by atoms with van der Waals surface area (Å²) in [4.78, 5) is 22.6. The van der Waals surface area contributed by atoms with E-state index in [9.17, 15) is 9.59 Å². The number of esters is 1. The van der Waals surface area contributed by atoms with Crippen molar-refractivity contribution in [2.45, 2.75) is 19.4 Å². The van der Waals surface area contributed by atoms with Gasteiger partial charge in [0.15, 0.2) is 0 Å². The Balaban J connectivity index is 2.15. The number of nitrogens with one attached hydrogen (secondary N) is 2. The second kappa shape index (κ2) is 7.19. The summed E-state index contributed by atoms with van der Waals surface area (Å²) in [6.45, 7) is 4.40. The first-order chi connectivity index (χ1) is 7.74. The van der Waals surface area contributed by atoms with Gasteiger partial charge < -0.3 is 20.1 Å². The Labute approximate surface area is 94.7 Å². The summed E-state index contributed by atoms with van der Waals surface area (Å²) in [5, 5.41) is 5.64. The predicted molar refractivity (Wildman–Crippen MR) is 56.9 cm³/mol. The number of carbonyl (C=O) groups excluding carboxylic acids is 2. The SMILES string of the molecule is CCOCCOC(=O)CC1NCCNC1=O. The number of rotatable bonds is 6. The molecule has 1 amide bonds. The van der Waals surface area contributed by atoms with E-state index >= 15 is 0 Å². The second-order valence-electron chi connectivity index (χ2n) is 3.42. The Morgan fingerprint density at radius 2 is 2.25 bits per heavy atom. The molecule has 0 aromatic heterocycles. The van der Waals surface area contributed by atoms with Crippen molar-refractivity contribution in [2.24, 2.45) is 0 Å². The van der Waals surface area contributed by atoms with Crippen LogP contribution in [0.25, 0.3) is 0 Å². The van der Waals surface area contributed by atoms with Crippen LogP contribution in [-0.2, 0) is 19.1 Å². The Morgan fingerprint density at radius 3 is 2.94 bits per heavy atom. The van der Waals surface area contributed by atoms with Crippen molar-refractivity contribution in [3.8, 4) is 0 Å². The Bertz CT molecular complexity index is 245. The number of amides is 1. The van der Waals surface area contributed by atoms with Gasteiger partial charge in [-0.2, -0.15) is 0 Å². The zero-order valence-corrected chi connectivity index (χ0v) is 9.45. The highest BCUT2D eigenvalue weighted by Gasteiger charge is 2.24. The van der Waals surface area contributed by atoms with Crippen molar-refractivity contribution in [1.82, 2.24) is 10.6 Å². The van der Waals surface area contributed by atoms with E-state index in [1.807, 2.05) is 6.92 Å². The lowest BCUT2D eigenvalue weighted by Gasteiger charge is -2.22. The van der Waals surface area contributed by atoms with E-state index < -0.39 is 6.04 Å². The van der Waals surface area contributed by atoms with E-state index in [1.165, 1.54) is 0 Å². The van der Waals surface area contributed by atoms with Crippen LogP contribution in [0.4, 0.5) is 0 Å². The van der Waals surface area contributed by atoms with Crippen LogP contribution < -0.4 is 10.6 Å². The molecule has 6 heteroatoms. The van der Waals surface area contributed by atoms with Gasteiger partial charge in [-0.1, -0.05) is 0 Å². The van der Waals surface area contributed by atoms with Gasteiger partial charge in [0.1, 0.15) is 6.61 Å². The van der Waals surface area contributed by atoms with Crippen molar-refractivity contribution in [1.29, 1.82) is 0 Å². The lowest BCUT2D eigenvalue weighted by molar-refractivity contribution is -0.147. The Hall–Kier alpha value is -1.14. The predicted octanol–water partition coefficient (Wildman–Crippen LogP) is -0.956. The maximum absolute atomic E-state index is 11.3. The maximum atomic E-state index is 11.3. The fourth-order valence-electron chi connectivity index (χ4n) is 1.40. The van der Waals surface area contributed by atoms with Gasteiger partial charge in [-0.15, -0.1) is 0 Å². The molecule has 1 fully saturated rings. The van der Waals surface area contributed by atoms with Gasteiger partial charge >= 0.3 is 5.97 Å². The molecule has 1 rings (SSSR count). The molecule has 1 atom stereocenters. The third-order valence-corrected chi connectivity index (χ3v) is 2.20. The fraction of sp³-hybridized carbons (Fsp3) is 0.800. The minimum absolute atomic E-state index is 0.0674. The van der Waals surface area contributed by atoms with Crippen molar-refractivity contribution in [2.75, 3.05) is 32.9 Å². The van der Waals surface area contributed by atoms with E-state index in [-0.39, 0.29) is 24.9 Å². The van der Waals surface area contributed by atoms with E-state index in [0.29, 0.717) is 26.3 Å². The highest BCUT2D eigenvalue weighted by atomic mass is 16.6. The van der Waals surface area contributed by atoms with E-state index in [1.54, 1.807) is 0 Å². The summed E-state index contributed by atoms with van der Waals surface area (Å²) < 4.78 is 9.93. The van der Waals surface area contributed by atoms with Crippen molar-refractivity contribution >= 4 is 11.9 Å². The maximum Gasteiger partial charge on any atom is 0.307 e. The summed E-state index contributed by atoms with van der Waals surface area (Å²) in [7, 11) is 0. The van der Waals surface area contributed by atoms with Gasteiger partial charge in [0, 0.05) is 19.7 Å². The first-order valence-corrected chi connectivity index (χ1v) is 5.48. The molecule has 16 heavy (non-hydrogen) atoms. The van der Waals surface area contributed by atoms with Gasteiger partial charge in [0.05, 0.1) is 19.1 Å². The normalized spacial score (nSPS) is 20.3. The topological polar surface area (TPSA) is 76.7 Å². The highest BCUT2D eigenvalue weighted by molar-refractivity contribution is 5.87. The Morgan fingerprint density at radius 1 is 1.44 bits per heavy atom. The molecule has 0 saturated carbocycles. The molecule has 2 N–H and O–H groups in total. The zero-order chi connectivity index (χ0) is 11.8. The lowest BCUT2D eigenvalue weighted by atomic mass is 10.1. The molecule has 0 aromatic carbocycles. The molecule has 1 aliphatic heterocycles. The molecular weight excluding hydrogens is 212 g/mol. The standard InChI is InChI=1S/C10H18N2O4/c1-2-15-5-6-16-9(13)7-8-10(14)12-4-3-11-8/h8,11H,2-7H2,1H3,(H,12,14). The molecule has 0 bridgehead atoms. The largest absolute Gasteiger partial charge is 0.463 e. The van der Waals surface area contributed by atoms with Gasteiger partial charge in [-0.05, 0) is 6.92 Å². The first-order valence-electron chi connectivity index (χ1n) is 5.48. The molecule has 1 saturated heterocycles. The monoisotopic (exact) mass is 230 g/mol. The third kappa shape index (κ3) is 4.59.